The van der Waals surface area contributed by atoms with Crippen molar-refractivity contribution < 1.29 is 13.9 Å². The summed E-state index contributed by atoms with van der Waals surface area (Å²) in [6, 6.07) is 4.45. The van der Waals surface area contributed by atoms with Crippen LogP contribution in [0, 0.1) is 18.7 Å². The zero-order chi connectivity index (χ0) is 17.0. The number of amides is 1. The van der Waals surface area contributed by atoms with Crippen molar-refractivity contribution in [3.05, 3.63) is 35.1 Å². The van der Waals surface area contributed by atoms with Crippen molar-refractivity contribution in [3.8, 4) is 0 Å². The molecule has 4 nitrogen and oxygen atoms in total. The largest absolute Gasteiger partial charge is 0.379 e. The van der Waals surface area contributed by atoms with Crippen molar-refractivity contribution in [2.45, 2.75) is 26.3 Å². The Balaban J connectivity index is 2.16. The highest BCUT2D eigenvalue weighted by atomic mass is 19.1. The third-order valence-corrected chi connectivity index (χ3v) is 4.61. The molecule has 2 rings (SSSR count). The van der Waals surface area contributed by atoms with E-state index in [1.165, 1.54) is 12.1 Å². The minimum Gasteiger partial charge on any atom is -0.379 e. The highest BCUT2D eigenvalue weighted by molar-refractivity contribution is 5.95. The number of halogens is 1. The van der Waals surface area contributed by atoms with E-state index in [1.54, 1.807) is 13.0 Å². The topological polar surface area (TPSA) is 32.8 Å². The summed E-state index contributed by atoms with van der Waals surface area (Å²) in [5.74, 6) is -0.0323. The van der Waals surface area contributed by atoms with Crippen molar-refractivity contribution in [1.82, 2.24) is 9.80 Å². The Kier molecular flexibility index (Phi) is 6.13. The van der Waals surface area contributed by atoms with E-state index in [-0.39, 0.29) is 17.8 Å². The lowest BCUT2D eigenvalue weighted by molar-refractivity contribution is 0.0653. The molecule has 1 fully saturated rings. The Bertz CT molecular complexity index is 548. The van der Waals surface area contributed by atoms with Gasteiger partial charge < -0.3 is 14.5 Å². The minimum atomic E-state index is -0.310. The quantitative estimate of drug-likeness (QED) is 0.854. The standard InChI is InChI=1S/C18H27FN2O2/c1-13-11-16(19)5-6-17(13)18(22)21-9-10-23-12-15(14(21)2)7-8-20(3)4/h5-6,11,14-15H,7-10,12H2,1-4H3/t14-,15+/m0/s1. The van der Waals surface area contributed by atoms with E-state index in [2.05, 4.69) is 11.8 Å². The van der Waals surface area contributed by atoms with Gasteiger partial charge in [0.2, 0.25) is 0 Å². The second-order valence-electron chi connectivity index (χ2n) is 6.63. The highest BCUT2D eigenvalue weighted by Gasteiger charge is 2.31. The number of benzene rings is 1. The van der Waals surface area contributed by atoms with E-state index in [4.69, 9.17) is 4.74 Å². The summed E-state index contributed by atoms with van der Waals surface area (Å²) in [6.07, 6.45) is 0.986. The number of hydrogen-bond acceptors (Lipinski definition) is 3. The predicted octanol–water partition coefficient (Wildman–Crippen LogP) is 2.56. The molecule has 1 aromatic carbocycles. The summed E-state index contributed by atoms with van der Waals surface area (Å²) in [7, 11) is 4.10. The van der Waals surface area contributed by atoms with Crippen LogP contribution in [0.25, 0.3) is 0 Å². The fourth-order valence-corrected chi connectivity index (χ4v) is 3.05. The molecule has 0 bridgehead atoms. The monoisotopic (exact) mass is 322 g/mol. The first kappa shape index (κ1) is 17.9. The zero-order valence-corrected chi connectivity index (χ0v) is 14.5. The van der Waals surface area contributed by atoms with Gasteiger partial charge in [0.1, 0.15) is 5.82 Å². The Morgan fingerprint density at radius 2 is 2.17 bits per heavy atom. The van der Waals surface area contributed by atoms with Crippen LogP contribution in [0.5, 0.6) is 0 Å². The van der Waals surface area contributed by atoms with E-state index in [0.717, 1.165) is 13.0 Å². The minimum absolute atomic E-state index is 0.0321. The van der Waals surface area contributed by atoms with Gasteiger partial charge in [0, 0.05) is 24.1 Å². The molecular weight excluding hydrogens is 295 g/mol. The molecule has 0 unspecified atom stereocenters. The number of carbonyl (C=O) groups excluding carboxylic acids is 1. The Hall–Kier alpha value is -1.46. The van der Waals surface area contributed by atoms with Crippen LogP contribution in [0.2, 0.25) is 0 Å². The van der Waals surface area contributed by atoms with Gasteiger partial charge in [0.25, 0.3) is 5.91 Å². The summed E-state index contributed by atoms with van der Waals surface area (Å²) in [4.78, 5) is 16.9. The Morgan fingerprint density at radius 1 is 1.43 bits per heavy atom. The molecular formula is C18H27FN2O2. The van der Waals surface area contributed by atoms with Gasteiger partial charge in [-0.25, -0.2) is 4.39 Å². The molecule has 23 heavy (non-hydrogen) atoms. The van der Waals surface area contributed by atoms with Crippen molar-refractivity contribution in [1.29, 1.82) is 0 Å². The van der Waals surface area contributed by atoms with E-state index in [9.17, 15) is 9.18 Å². The van der Waals surface area contributed by atoms with E-state index in [1.807, 2.05) is 19.0 Å². The van der Waals surface area contributed by atoms with Gasteiger partial charge in [-0.3, -0.25) is 4.79 Å². The van der Waals surface area contributed by atoms with Crippen molar-refractivity contribution >= 4 is 5.91 Å². The molecule has 1 heterocycles. The first-order chi connectivity index (χ1) is 10.9. The average Bonchev–Trinajstić information content (AvgIpc) is 2.66. The zero-order valence-electron chi connectivity index (χ0n) is 14.5. The summed E-state index contributed by atoms with van der Waals surface area (Å²) in [5, 5.41) is 0. The van der Waals surface area contributed by atoms with Crippen LogP contribution in [0.4, 0.5) is 4.39 Å². The maximum atomic E-state index is 13.3. The number of nitrogens with zero attached hydrogens (tertiary/aromatic N) is 2. The normalized spacial score (nSPS) is 22.3. The third kappa shape index (κ3) is 4.52. The van der Waals surface area contributed by atoms with Crippen molar-refractivity contribution in [2.75, 3.05) is 40.4 Å². The summed E-state index contributed by atoms with van der Waals surface area (Å²) >= 11 is 0. The van der Waals surface area contributed by atoms with Crippen molar-refractivity contribution in [3.63, 3.8) is 0 Å². The number of carbonyl (C=O) groups is 1. The number of rotatable bonds is 4. The number of ether oxygens (including phenoxy) is 1. The summed E-state index contributed by atoms with van der Waals surface area (Å²) < 4.78 is 19.0. The maximum Gasteiger partial charge on any atom is 0.254 e. The SMILES string of the molecule is Cc1cc(F)ccc1C(=O)N1CCOC[C@@H](CCN(C)C)[C@@H]1C. The average molecular weight is 322 g/mol. The van der Waals surface area contributed by atoms with Crippen LogP contribution in [0.1, 0.15) is 29.3 Å². The van der Waals surface area contributed by atoms with Crippen LogP contribution >= 0.6 is 0 Å². The molecule has 1 aliphatic rings. The lowest BCUT2D eigenvalue weighted by Crippen LogP contribution is -2.44. The van der Waals surface area contributed by atoms with Crippen molar-refractivity contribution in [2.24, 2.45) is 5.92 Å². The first-order valence-corrected chi connectivity index (χ1v) is 8.19. The van der Waals surface area contributed by atoms with Crippen LogP contribution in [-0.4, -0.2) is 62.1 Å². The number of aryl methyl sites for hydroxylation is 1. The molecule has 1 aromatic rings. The van der Waals surface area contributed by atoms with Gasteiger partial charge in [-0.2, -0.15) is 0 Å². The molecule has 0 radical (unpaired) electrons. The molecule has 5 heteroatoms. The van der Waals surface area contributed by atoms with Crippen LogP contribution in [0.3, 0.4) is 0 Å². The lowest BCUT2D eigenvalue weighted by atomic mass is 9.96. The van der Waals surface area contributed by atoms with Gasteiger partial charge in [0.05, 0.1) is 13.2 Å². The third-order valence-electron chi connectivity index (χ3n) is 4.61. The second kappa shape index (κ2) is 7.88. The molecule has 0 aromatic heterocycles. The van der Waals surface area contributed by atoms with Gasteiger partial charge in [-0.15, -0.1) is 0 Å². The van der Waals surface area contributed by atoms with Crippen LogP contribution in [-0.2, 0) is 4.74 Å². The molecule has 2 atom stereocenters. The van der Waals surface area contributed by atoms with Gasteiger partial charge in [0.15, 0.2) is 0 Å². The number of hydrogen-bond donors (Lipinski definition) is 0. The highest BCUT2D eigenvalue weighted by Crippen LogP contribution is 2.22. The van der Waals surface area contributed by atoms with E-state index in [0.29, 0.717) is 36.8 Å². The second-order valence-corrected chi connectivity index (χ2v) is 6.63. The fraction of sp³-hybridized carbons (Fsp3) is 0.611. The summed E-state index contributed by atoms with van der Waals surface area (Å²) in [6.45, 7) is 6.64. The van der Waals surface area contributed by atoms with Crippen LogP contribution in [0.15, 0.2) is 18.2 Å². The molecule has 1 saturated heterocycles. The fourth-order valence-electron chi connectivity index (χ4n) is 3.05. The van der Waals surface area contributed by atoms with Crippen LogP contribution < -0.4 is 0 Å². The van der Waals surface area contributed by atoms with Gasteiger partial charge >= 0.3 is 0 Å². The first-order valence-electron chi connectivity index (χ1n) is 8.19. The molecule has 0 saturated carbocycles. The van der Waals surface area contributed by atoms with E-state index < -0.39 is 0 Å². The summed E-state index contributed by atoms with van der Waals surface area (Å²) in [5.41, 5.74) is 1.25. The molecule has 0 aliphatic carbocycles. The smallest absolute Gasteiger partial charge is 0.254 e. The Labute approximate surface area is 138 Å². The molecule has 0 spiro atoms. The van der Waals surface area contributed by atoms with Gasteiger partial charge in [-0.1, -0.05) is 0 Å². The molecule has 1 aliphatic heterocycles. The molecule has 128 valence electrons. The van der Waals surface area contributed by atoms with E-state index >= 15 is 0 Å². The molecule has 0 N–H and O–H groups in total. The lowest BCUT2D eigenvalue weighted by Gasteiger charge is -2.32. The molecule has 1 amide bonds. The van der Waals surface area contributed by atoms with Gasteiger partial charge in [-0.05, 0) is 64.7 Å². The predicted molar refractivity (Wildman–Crippen MR) is 89.1 cm³/mol. The Morgan fingerprint density at radius 3 is 2.83 bits per heavy atom. The maximum absolute atomic E-state index is 13.3.